The van der Waals surface area contributed by atoms with Gasteiger partial charge >= 0.3 is 0 Å². The van der Waals surface area contributed by atoms with E-state index in [0.29, 0.717) is 5.92 Å². The Morgan fingerprint density at radius 1 is 0.800 bits per heavy atom. The van der Waals surface area contributed by atoms with Crippen molar-refractivity contribution in [3.05, 3.63) is 75.9 Å². The van der Waals surface area contributed by atoms with Crippen molar-refractivity contribution in [2.75, 3.05) is 0 Å². The highest BCUT2D eigenvalue weighted by Gasteiger charge is 2.28. The Morgan fingerprint density at radius 2 is 1.56 bits per heavy atom. The molecule has 2 aliphatic rings. The van der Waals surface area contributed by atoms with Crippen LogP contribution in [0, 0.1) is 19.8 Å². The number of benzene rings is 3. The molecule has 0 aromatic heterocycles. The van der Waals surface area contributed by atoms with Gasteiger partial charge in [0, 0.05) is 0 Å². The van der Waals surface area contributed by atoms with Crippen LogP contribution in [0.1, 0.15) is 41.7 Å². The summed E-state index contributed by atoms with van der Waals surface area (Å²) in [4.78, 5) is 0. The van der Waals surface area contributed by atoms with Crippen LogP contribution in [-0.4, -0.2) is 0 Å². The van der Waals surface area contributed by atoms with E-state index in [0.717, 1.165) is 6.42 Å². The van der Waals surface area contributed by atoms with E-state index < -0.39 is 0 Å². The normalized spacial score (nSPS) is 18.3. The molecule has 0 saturated carbocycles. The molecule has 5 rings (SSSR count). The molecule has 124 valence electrons. The monoisotopic (exact) mass is 324 g/mol. The summed E-state index contributed by atoms with van der Waals surface area (Å²) in [5.74, 6) is 0.633. The van der Waals surface area contributed by atoms with Crippen LogP contribution in [0.2, 0.25) is 0 Å². The maximum Gasteiger partial charge on any atom is -0.00701 e. The summed E-state index contributed by atoms with van der Waals surface area (Å²) in [5.41, 5.74) is 13.3. The van der Waals surface area contributed by atoms with Crippen LogP contribution in [0.15, 0.2) is 48.0 Å². The van der Waals surface area contributed by atoms with Gasteiger partial charge in [-0.05, 0) is 102 Å². The van der Waals surface area contributed by atoms with Crippen molar-refractivity contribution < 1.29 is 0 Å². The van der Waals surface area contributed by atoms with Gasteiger partial charge in [0.1, 0.15) is 0 Å². The highest BCUT2D eigenvalue weighted by molar-refractivity contribution is 6.03. The van der Waals surface area contributed by atoms with Gasteiger partial charge in [-0.1, -0.05) is 48.0 Å². The van der Waals surface area contributed by atoms with Crippen molar-refractivity contribution >= 4 is 16.3 Å². The minimum atomic E-state index is 0.633. The van der Waals surface area contributed by atoms with E-state index in [9.17, 15) is 0 Å². The van der Waals surface area contributed by atoms with E-state index in [4.69, 9.17) is 0 Å². The number of aryl methyl sites for hydroxylation is 2. The van der Waals surface area contributed by atoms with Gasteiger partial charge in [-0.15, -0.1) is 0 Å². The van der Waals surface area contributed by atoms with Crippen molar-refractivity contribution in [3.63, 3.8) is 0 Å². The van der Waals surface area contributed by atoms with Crippen molar-refractivity contribution in [3.8, 4) is 11.1 Å². The predicted molar refractivity (Wildman–Crippen MR) is 108 cm³/mol. The molecule has 0 heteroatoms. The van der Waals surface area contributed by atoms with Gasteiger partial charge in [-0.2, -0.15) is 0 Å². The number of hydrogen-bond donors (Lipinski definition) is 0. The fraction of sp³-hybridized carbons (Fsp3) is 0.280. The maximum absolute atomic E-state index is 2.43. The quantitative estimate of drug-likeness (QED) is 0.434. The Labute approximate surface area is 150 Å². The third kappa shape index (κ3) is 1.94. The molecule has 0 fully saturated rings. The Morgan fingerprint density at radius 3 is 2.40 bits per heavy atom. The summed E-state index contributed by atoms with van der Waals surface area (Å²) in [6, 6.07) is 16.3. The van der Waals surface area contributed by atoms with Gasteiger partial charge in [-0.25, -0.2) is 0 Å². The largest absolute Gasteiger partial charge is 0.0660 e. The molecule has 0 radical (unpaired) electrons. The fourth-order valence-corrected chi connectivity index (χ4v) is 5.04. The van der Waals surface area contributed by atoms with E-state index in [2.05, 4.69) is 70.2 Å². The second kappa shape index (κ2) is 5.08. The zero-order valence-electron chi connectivity index (χ0n) is 15.5. The van der Waals surface area contributed by atoms with Gasteiger partial charge in [0.15, 0.2) is 0 Å². The molecule has 25 heavy (non-hydrogen) atoms. The van der Waals surface area contributed by atoms with Crippen LogP contribution in [-0.2, 0) is 12.8 Å². The minimum absolute atomic E-state index is 0.633. The third-order valence-corrected chi connectivity index (χ3v) is 6.77. The summed E-state index contributed by atoms with van der Waals surface area (Å²) in [6.45, 7) is 9.18. The molecule has 0 nitrogen and oxygen atoms in total. The molecule has 0 amide bonds. The van der Waals surface area contributed by atoms with Crippen LogP contribution >= 0.6 is 0 Å². The maximum atomic E-state index is 2.43. The topological polar surface area (TPSA) is 0 Å². The molecule has 0 saturated heterocycles. The average Bonchev–Trinajstić information content (AvgIpc) is 2.61. The second-order valence-electron chi connectivity index (χ2n) is 7.95. The highest BCUT2D eigenvalue weighted by atomic mass is 14.3. The van der Waals surface area contributed by atoms with E-state index >= 15 is 0 Å². The zero-order chi connectivity index (χ0) is 17.3. The van der Waals surface area contributed by atoms with Gasteiger partial charge < -0.3 is 0 Å². The minimum Gasteiger partial charge on any atom is -0.0660 e. The Hall–Kier alpha value is -2.34. The lowest BCUT2D eigenvalue weighted by molar-refractivity contribution is 0.599. The molecular weight excluding hydrogens is 300 g/mol. The molecule has 1 unspecified atom stereocenters. The summed E-state index contributed by atoms with van der Waals surface area (Å²) in [6.07, 6.45) is 2.33. The lowest BCUT2D eigenvalue weighted by Gasteiger charge is -2.32. The Bertz CT molecular complexity index is 1080. The van der Waals surface area contributed by atoms with Crippen LogP contribution in [0.4, 0.5) is 0 Å². The fourth-order valence-electron chi connectivity index (χ4n) is 5.04. The molecule has 0 heterocycles. The molecule has 0 spiro atoms. The van der Waals surface area contributed by atoms with E-state index in [1.165, 1.54) is 56.1 Å². The van der Waals surface area contributed by atoms with Crippen LogP contribution in [0.25, 0.3) is 27.5 Å². The van der Waals surface area contributed by atoms with Gasteiger partial charge in [0.05, 0.1) is 0 Å². The number of fused-ring (bicyclic) bond motifs is 2. The van der Waals surface area contributed by atoms with Crippen molar-refractivity contribution in [2.24, 2.45) is 5.92 Å². The first kappa shape index (κ1) is 15.0. The number of allylic oxidation sites excluding steroid dienone is 2. The molecule has 1 atom stereocenters. The molecule has 2 aliphatic carbocycles. The summed E-state index contributed by atoms with van der Waals surface area (Å²) in [5, 5.41) is 2.92. The highest BCUT2D eigenvalue weighted by Crippen LogP contribution is 2.46. The number of hydrogen-bond acceptors (Lipinski definition) is 0. The van der Waals surface area contributed by atoms with E-state index in [1.807, 2.05) is 0 Å². The van der Waals surface area contributed by atoms with E-state index in [1.54, 1.807) is 11.1 Å². The smallest absolute Gasteiger partial charge is 0.00701 e. The van der Waals surface area contributed by atoms with E-state index in [-0.39, 0.29) is 0 Å². The van der Waals surface area contributed by atoms with Crippen LogP contribution < -0.4 is 0 Å². The number of rotatable bonds is 0. The summed E-state index contributed by atoms with van der Waals surface area (Å²) >= 11 is 0. The standard InChI is InChI=1S/C25H24/c1-14-11-24-22-10-6-8-20-17(4)16(3)19(13-23(20)22)12-18-7-5-9-21(15(14)2)25(18)24/h5-11,19H,12-13H2,1-4H3. The van der Waals surface area contributed by atoms with Crippen molar-refractivity contribution in [1.29, 1.82) is 0 Å². The molecule has 3 aromatic rings. The lowest BCUT2D eigenvalue weighted by atomic mass is 9.72. The summed E-state index contributed by atoms with van der Waals surface area (Å²) < 4.78 is 0. The van der Waals surface area contributed by atoms with Crippen molar-refractivity contribution in [2.45, 2.75) is 40.5 Å². The molecule has 0 aliphatic heterocycles. The van der Waals surface area contributed by atoms with Gasteiger partial charge in [0.25, 0.3) is 0 Å². The SMILES string of the molecule is CC1=C(C)C2Cc3c1cccc3-c1cc(C)c(C)c3cccc(c13)C2. The molecule has 0 N–H and O–H groups in total. The average molecular weight is 324 g/mol. The third-order valence-electron chi connectivity index (χ3n) is 6.77. The Kier molecular flexibility index (Phi) is 3.04. The zero-order valence-corrected chi connectivity index (χ0v) is 15.5. The van der Waals surface area contributed by atoms with Crippen LogP contribution in [0.3, 0.4) is 0 Å². The predicted octanol–water partition coefficient (Wildman–Crippen LogP) is 6.65. The first-order chi connectivity index (χ1) is 12.1. The molecule has 2 bridgehead atoms. The first-order valence-corrected chi connectivity index (χ1v) is 9.38. The summed E-state index contributed by atoms with van der Waals surface area (Å²) in [7, 11) is 0. The lowest BCUT2D eigenvalue weighted by Crippen LogP contribution is -2.19. The second-order valence-corrected chi connectivity index (χ2v) is 7.95. The Balaban J connectivity index is 2.00. The first-order valence-electron chi connectivity index (χ1n) is 9.38. The van der Waals surface area contributed by atoms with Gasteiger partial charge in [-0.3, -0.25) is 0 Å². The molecule has 3 aromatic carbocycles. The molecular formula is C25H24. The van der Waals surface area contributed by atoms with Crippen LogP contribution in [0.5, 0.6) is 0 Å². The van der Waals surface area contributed by atoms with Gasteiger partial charge in [0.2, 0.25) is 0 Å². The van der Waals surface area contributed by atoms with Crippen molar-refractivity contribution in [1.82, 2.24) is 0 Å².